The Bertz CT molecular complexity index is 707. The van der Waals surface area contributed by atoms with Gasteiger partial charge in [0.25, 0.3) is 0 Å². The Labute approximate surface area is 152 Å². The van der Waals surface area contributed by atoms with Crippen molar-refractivity contribution in [2.24, 2.45) is 11.8 Å². The zero-order valence-electron chi connectivity index (χ0n) is 14.9. The van der Waals surface area contributed by atoms with Crippen molar-refractivity contribution in [1.82, 2.24) is 4.90 Å². The van der Waals surface area contributed by atoms with Gasteiger partial charge in [-0.05, 0) is 18.9 Å². The summed E-state index contributed by atoms with van der Waals surface area (Å²) in [7, 11) is 1.68. The molecule has 5 nitrogen and oxygen atoms in total. The minimum atomic E-state index is -0.394. The normalized spacial score (nSPS) is 31.6. The molecule has 0 radical (unpaired) electrons. The zero-order valence-corrected chi connectivity index (χ0v) is 14.9. The molecule has 1 aliphatic carbocycles. The van der Waals surface area contributed by atoms with Gasteiger partial charge in [0.15, 0.2) is 5.78 Å². The number of carbonyl (C=O) groups excluding carboxylic acids is 1. The first kappa shape index (κ1) is 17.6. The van der Waals surface area contributed by atoms with Crippen molar-refractivity contribution in [3.05, 3.63) is 41.9 Å². The highest BCUT2D eigenvalue weighted by molar-refractivity contribution is 6.22. The van der Waals surface area contributed by atoms with E-state index in [2.05, 4.69) is 4.90 Å². The Morgan fingerprint density at radius 3 is 2.96 bits per heavy atom. The molecule has 0 amide bonds. The van der Waals surface area contributed by atoms with Crippen molar-refractivity contribution in [2.45, 2.75) is 25.0 Å². The predicted molar refractivity (Wildman–Crippen MR) is 93.7 cm³/mol. The van der Waals surface area contributed by atoms with Gasteiger partial charge >= 0.3 is 0 Å². The number of ketones is 1. The molecule has 4 atom stereocenters. The monoisotopic (exact) mass is 361 g/mol. The second-order valence-corrected chi connectivity index (χ2v) is 7.23. The first-order chi connectivity index (χ1) is 12.7. The molecule has 140 valence electrons. The summed E-state index contributed by atoms with van der Waals surface area (Å²) in [5, 5.41) is 0. The van der Waals surface area contributed by atoms with E-state index in [0.717, 1.165) is 19.5 Å². The average Bonchev–Trinajstić information content (AvgIpc) is 2.67. The maximum Gasteiger partial charge on any atom is 0.173 e. The number of Topliss-reactive ketones (excluding diaryl/α,β-unsaturated/α-hetero) is 1. The first-order valence-electron chi connectivity index (χ1n) is 9.16. The van der Waals surface area contributed by atoms with Crippen molar-refractivity contribution in [3.8, 4) is 0 Å². The minimum Gasteiger partial charge on any atom is -0.496 e. The first-order valence-corrected chi connectivity index (χ1v) is 9.16. The summed E-state index contributed by atoms with van der Waals surface area (Å²) >= 11 is 0. The average molecular weight is 361 g/mol. The molecular formula is C20H24FNO4. The lowest BCUT2D eigenvalue weighted by molar-refractivity contribution is -0.171. The molecule has 3 aliphatic rings. The Morgan fingerprint density at radius 2 is 2.15 bits per heavy atom. The van der Waals surface area contributed by atoms with Gasteiger partial charge in [0.05, 0.1) is 37.2 Å². The van der Waals surface area contributed by atoms with Crippen LogP contribution in [0.4, 0.5) is 4.39 Å². The highest BCUT2D eigenvalue weighted by atomic mass is 19.1. The summed E-state index contributed by atoms with van der Waals surface area (Å²) in [6.07, 6.45) is 2.92. The Balaban J connectivity index is 1.55. The summed E-state index contributed by atoms with van der Waals surface area (Å²) in [6, 6.07) is 6.35. The second kappa shape index (κ2) is 7.47. The SMILES string of the molecule is COCCN1COC2CCC3C(=O)C(c4ccccc4F)=COC3C2C1. The van der Waals surface area contributed by atoms with Crippen molar-refractivity contribution in [2.75, 3.05) is 33.5 Å². The molecule has 2 heterocycles. The fourth-order valence-electron chi connectivity index (χ4n) is 4.35. The number of rotatable bonds is 4. The number of halogens is 1. The molecule has 1 aromatic carbocycles. The predicted octanol–water partition coefficient (Wildman–Crippen LogP) is 2.47. The van der Waals surface area contributed by atoms with Gasteiger partial charge < -0.3 is 14.2 Å². The van der Waals surface area contributed by atoms with Crippen LogP contribution in [0.1, 0.15) is 18.4 Å². The quantitative estimate of drug-likeness (QED) is 0.825. The Kier molecular flexibility index (Phi) is 5.07. The molecule has 2 fully saturated rings. The van der Waals surface area contributed by atoms with Crippen molar-refractivity contribution in [1.29, 1.82) is 0 Å². The van der Waals surface area contributed by atoms with Crippen LogP contribution in [0.15, 0.2) is 30.5 Å². The molecule has 4 rings (SSSR count). The lowest BCUT2D eigenvalue weighted by Gasteiger charge is -2.48. The Morgan fingerprint density at radius 1 is 1.31 bits per heavy atom. The van der Waals surface area contributed by atoms with Gasteiger partial charge in [-0.2, -0.15) is 0 Å². The summed E-state index contributed by atoms with van der Waals surface area (Å²) in [5.41, 5.74) is 0.662. The molecule has 6 heteroatoms. The summed E-state index contributed by atoms with van der Waals surface area (Å²) in [5.74, 6) is -0.503. The molecule has 4 unspecified atom stereocenters. The smallest absolute Gasteiger partial charge is 0.173 e. The molecular weight excluding hydrogens is 337 g/mol. The largest absolute Gasteiger partial charge is 0.496 e. The maximum absolute atomic E-state index is 14.1. The molecule has 1 aromatic rings. The van der Waals surface area contributed by atoms with Crippen molar-refractivity contribution in [3.63, 3.8) is 0 Å². The number of methoxy groups -OCH3 is 1. The second-order valence-electron chi connectivity index (χ2n) is 7.23. The number of ether oxygens (including phenoxy) is 3. The van der Waals surface area contributed by atoms with Gasteiger partial charge in [0.2, 0.25) is 0 Å². The molecule has 1 saturated carbocycles. The van der Waals surface area contributed by atoms with Gasteiger partial charge in [-0.3, -0.25) is 9.69 Å². The molecule has 0 spiro atoms. The third kappa shape index (κ3) is 3.17. The van der Waals surface area contributed by atoms with Crippen molar-refractivity contribution < 1.29 is 23.4 Å². The number of fused-ring (bicyclic) bond motifs is 3. The van der Waals surface area contributed by atoms with E-state index in [-0.39, 0.29) is 29.8 Å². The lowest BCUT2D eigenvalue weighted by atomic mass is 9.71. The van der Waals surface area contributed by atoms with Crippen molar-refractivity contribution >= 4 is 11.4 Å². The van der Waals surface area contributed by atoms with Gasteiger partial charge in [-0.1, -0.05) is 18.2 Å². The fraction of sp³-hybridized carbons (Fsp3) is 0.550. The summed E-state index contributed by atoms with van der Waals surface area (Å²) in [6.45, 7) is 2.85. The summed E-state index contributed by atoms with van der Waals surface area (Å²) < 4.78 is 31.3. The molecule has 0 N–H and O–H groups in total. The minimum absolute atomic E-state index is 0.0150. The van der Waals surface area contributed by atoms with Gasteiger partial charge in [0.1, 0.15) is 11.9 Å². The number of hydrogen-bond acceptors (Lipinski definition) is 5. The van der Waals surface area contributed by atoms with Crippen LogP contribution in [-0.2, 0) is 19.0 Å². The number of nitrogens with zero attached hydrogens (tertiary/aromatic N) is 1. The van der Waals surface area contributed by atoms with Crippen LogP contribution in [0.5, 0.6) is 0 Å². The van der Waals surface area contributed by atoms with Crippen LogP contribution in [-0.4, -0.2) is 56.4 Å². The maximum atomic E-state index is 14.1. The standard InChI is InChI=1S/C20H24FNO4/c1-24-9-8-22-10-15-18(26-12-22)7-6-14-19(23)16(11-25-20(14)15)13-4-2-3-5-17(13)21/h2-5,11,14-15,18,20H,6-10,12H2,1H3. The van der Waals surface area contributed by atoms with Crippen LogP contribution < -0.4 is 0 Å². The van der Waals surface area contributed by atoms with Crippen LogP contribution in [0.2, 0.25) is 0 Å². The third-order valence-corrected chi connectivity index (χ3v) is 5.72. The lowest BCUT2D eigenvalue weighted by Crippen LogP contribution is -2.56. The number of allylic oxidation sites excluding steroid dienone is 1. The van der Waals surface area contributed by atoms with Gasteiger partial charge in [-0.25, -0.2) is 4.39 Å². The third-order valence-electron chi connectivity index (χ3n) is 5.72. The summed E-state index contributed by atoms with van der Waals surface area (Å²) in [4.78, 5) is 15.2. The van der Waals surface area contributed by atoms with Crippen LogP contribution in [0.25, 0.3) is 5.57 Å². The highest BCUT2D eigenvalue weighted by Crippen LogP contribution is 2.42. The molecule has 0 aromatic heterocycles. The number of hydrogen-bond donors (Lipinski definition) is 0. The van der Waals surface area contributed by atoms with Gasteiger partial charge in [0, 0.05) is 31.7 Å². The van der Waals surface area contributed by atoms with E-state index < -0.39 is 5.82 Å². The fourth-order valence-corrected chi connectivity index (χ4v) is 4.35. The van der Waals surface area contributed by atoms with Gasteiger partial charge in [-0.15, -0.1) is 0 Å². The number of benzene rings is 1. The molecule has 2 aliphatic heterocycles. The van der Waals surface area contributed by atoms with E-state index in [1.54, 1.807) is 25.3 Å². The van der Waals surface area contributed by atoms with Crippen LogP contribution in [0.3, 0.4) is 0 Å². The van der Waals surface area contributed by atoms with E-state index in [1.807, 2.05) is 0 Å². The Hall–Kier alpha value is -1.76. The molecule has 1 saturated heterocycles. The van der Waals surface area contributed by atoms with Crippen LogP contribution >= 0.6 is 0 Å². The van der Waals surface area contributed by atoms with E-state index in [4.69, 9.17) is 14.2 Å². The molecule has 0 bridgehead atoms. The highest BCUT2D eigenvalue weighted by Gasteiger charge is 2.49. The van der Waals surface area contributed by atoms with E-state index in [9.17, 15) is 9.18 Å². The zero-order chi connectivity index (χ0) is 18.1. The van der Waals surface area contributed by atoms with E-state index in [0.29, 0.717) is 30.9 Å². The number of carbonyl (C=O) groups is 1. The molecule has 26 heavy (non-hydrogen) atoms. The van der Waals surface area contributed by atoms with Crippen LogP contribution in [0, 0.1) is 17.7 Å². The topological polar surface area (TPSA) is 48.0 Å². The van der Waals surface area contributed by atoms with E-state index >= 15 is 0 Å². The van der Waals surface area contributed by atoms with E-state index in [1.165, 1.54) is 12.3 Å².